The SMILES string of the molecule is Cc1cc(C)nc(Nc2ccc(NC(=O)CC3CCCCC3)cc2)n1. The van der Waals surface area contributed by atoms with Gasteiger partial charge in [-0.2, -0.15) is 0 Å². The first-order chi connectivity index (χ1) is 12.1. The lowest BCUT2D eigenvalue weighted by atomic mass is 9.87. The molecule has 5 nitrogen and oxygen atoms in total. The highest BCUT2D eigenvalue weighted by atomic mass is 16.1. The van der Waals surface area contributed by atoms with Crippen molar-refractivity contribution in [1.82, 2.24) is 9.97 Å². The van der Waals surface area contributed by atoms with Crippen LogP contribution in [0.4, 0.5) is 17.3 Å². The van der Waals surface area contributed by atoms with Crippen molar-refractivity contribution in [1.29, 1.82) is 0 Å². The van der Waals surface area contributed by atoms with Gasteiger partial charge >= 0.3 is 0 Å². The van der Waals surface area contributed by atoms with E-state index in [4.69, 9.17) is 0 Å². The second-order valence-corrected chi connectivity index (χ2v) is 6.93. The molecule has 1 amide bonds. The Hall–Kier alpha value is -2.43. The third kappa shape index (κ3) is 5.28. The second kappa shape index (κ2) is 8.10. The number of anilines is 3. The van der Waals surface area contributed by atoms with Gasteiger partial charge in [0.25, 0.3) is 0 Å². The molecule has 0 saturated heterocycles. The van der Waals surface area contributed by atoms with Crippen LogP contribution in [0.15, 0.2) is 30.3 Å². The maximum Gasteiger partial charge on any atom is 0.227 e. The van der Waals surface area contributed by atoms with Gasteiger partial charge in [-0.25, -0.2) is 9.97 Å². The molecule has 0 aliphatic heterocycles. The molecule has 2 aromatic rings. The van der Waals surface area contributed by atoms with Crippen LogP contribution in [0, 0.1) is 19.8 Å². The predicted octanol–water partition coefficient (Wildman–Crippen LogP) is 4.75. The van der Waals surface area contributed by atoms with Gasteiger partial charge in [0, 0.05) is 29.2 Å². The Balaban J connectivity index is 1.55. The zero-order valence-corrected chi connectivity index (χ0v) is 15.0. The molecule has 132 valence electrons. The highest BCUT2D eigenvalue weighted by molar-refractivity contribution is 5.91. The summed E-state index contributed by atoms with van der Waals surface area (Å²) in [6.45, 7) is 3.90. The van der Waals surface area contributed by atoms with Crippen molar-refractivity contribution in [3.05, 3.63) is 41.7 Å². The molecule has 1 aliphatic carbocycles. The largest absolute Gasteiger partial charge is 0.326 e. The molecule has 1 saturated carbocycles. The number of nitrogens with zero attached hydrogens (tertiary/aromatic N) is 2. The van der Waals surface area contributed by atoms with Crippen molar-refractivity contribution >= 4 is 23.2 Å². The summed E-state index contributed by atoms with van der Waals surface area (Å²) in [7, 11) is 0. The van der Waals surface area contributed by atoms with Gasteiger partial charge in [-0.3, -0.25) is 4.79 Å². The molecule has 1 heterocycles. The fourth-order valence-corrected chi connectivity index (χ4v) is 3.41. The molecular weight excluding hydrogens is 312 g/mol. The first kappa shape index (κ1) is 17.4. The molecule has 1 aromatic heterocycles. The van der Waals surface area contributed by atoms with E-state index in [1.807, 2.05) is 44.2 Å². The van der Waals surface area contributed by atoms with Gasteiger partial charge in [-0.1, -0.05) is 19.3 Å². The predicted molar refractivity (Wildman–Crippen MR) is 101 cm³/mol. The van der Waals surface area contributed by atoms with Crippen molar-refractivity contribution in [3.8, 4) is 0 Å². The minimum Gasteiger partial charge on any atom is -0.326 e. The fourth-order valence-electron chi connectivity index (χ4n) is 3.41. The number of hydrogen-bond acceptors (Lipinski definition) is 4. The summed E-state index contributed by atoms with van der Waals surface area (Å²) in [5.74, 6) is 1.26. The maximum atomic E-state index is 12.2. The average molecular weight is 338 g/mol. The van der Waals surface area contributed by atoms with Crippen LogP contribution in [0.3, 0.4) is 0 Å². The van der Waals surface area contributed by atoms with E-state index < -0.39 is 0 Å². The average Bonchev–Trinajstić information content (AvgIpc) is 2.56. The molecule has 3 rings (SSSR count). The number of hydrogen-bond donors (Lipinski definition) is 2. The first-order valence-corrected chi connectivity index (χ1v) is 9.08. The number of aromatic nitrogens is 2. The van der Waals surface area contributed by atoms with E-state index in [0.29, 0.717) is 18.3 Å². The summed E-state index contributed by atoms with van der Waals surface area (Å²) in [5, 5.41) is 6.20. The van der Waals surface area contributed by atoms with Crippen LogP contribution in [0.5, 0.6) is 0 Å². The molecule has 0 bridgehead atoms. The Bertz CT molecular complexity index is 701. The zero-order valence-electron chi connectivity index (χ0n) is 15.0. The van der Waals surface area contributed by atoms with E-state index in [-0.39, 0.29) is 5.91 Å². The van der Waals surface area contributed by atoms with Crippen molar-refractivity contribution in [2.75, 3.05) is 10.6 Å². The van der Waals surface area contributed by atoms with Crippen LogP contribution in [0.1, 0.15) is 49.9 Å². The topological polar surface area (TPSA) is 66.9 Å². The molecule has 0 unspecified atom stereocenters. The summed E-state index contributed by atoms with van der Waals surface area (Å²) in [6, 6.07) is 9.61. The molecule has 2 N–H and O–H groups in total. The van der Waals surface area contributed by atoms with Gasteiger partial charge < -0.3 is 10.6 Å². The number of benzene rings is 1. The van der Waals surface area contributed by atoms with Crippen LogP contribution in [0.2, 0.25) is 0 Å². The minimum absolute atomic E-state index is 0.116. The number of aryl methyl sites for hydroxylation is 2. The molecule has 1 fully saturated rings. The number of carbonyl (C=O) groups excluding carboxylic acids is 1. The van der Waals surface area contributed by atoms with Crippen molar-refractivity contribution < 1.29 is 4.79 Å². The number of amides is 1. The highest BCUT2D eigenvalue weighted by Crippen LogP contribution is 2.26. The van der Waals surface area contributed by atoms with Crippen LogP contribution in [-0.4, -0.2) is 15.9 Å². The molecule has 0 atom stereocenters. The van der Waals surface area contributed by atoms with Gasteiger partial charge in [-0.15, -0.1) is 0 Å². The second-order valence-electron chi connectivity index (χ2n) is 6.93. The van der Waals surface area contributed by atoms with E-state index in [1.54, 1.807) is 0 Å². The van der Waals surface area contributed by atoms with Gasteiger partial charge in [-0.05, 0) is 62.9 Å². The smallest absolute Gasteiger partial charge is 0.227 e. The molecule has 5 heteroatoms. The lowest BCUT2D eigenvalue weighted by molar-refractivity contribution is -0.117. The Morgan fingerprint density at radius 3 is 2.24 bits per heavy atom. The standard InChI is InChI=1S/C20H26N4O/c1-14-12-15(2)22-20(21-14)24-18-10-8-17(9-11-18)23-19(25)13-16-6-4-3-5-7-16/h8-12,16H,3-7,13H2,1-2H3,(H,23,25)(H,21,22,24). The zero-order chi connectivity index (χ0) is 17.6. The normalized spacial score (nSPS) is 15.0. The van der Waals surface area contributed by atoms with Crippen molar-refractivity contribution in [2.45, 2.75) is 52.4 Å². The van der Waals surface area contributed by atoms with Crippen molar-refractivity contribution in [2.24, 2.45) is 5.92 Å². The quantitative estimate of drug-likeness (QED) is 0.826. The highest BCUT2D eigenvalue weighted by Gasteiger charge is 2.17. The molecule has 1 aromatic carbocycles. The van der Waals surface area contributed by atoms with E-state index in [0.717, 1.165) is 22.8 Å². The van der Waals surface area contributed by atoms with Crippen molar-refractivity contribution in [3.63, 3.8) is 0 Å². The maximum absolute atomic E-state index is 12.2. The fraction of sp³-hybridized carbons (Fsp3) is 0.450. The summed E-state index contributed by atoms with van der Waals surface area (Å²) < 4.78 is 0. The Morgan fingerprint density at radius 1 is 1.00 bits per heavy atom. The lowest BCUT2D eigenvalue weighted by Gasteiger charge is -2.20. The Morgan fingerprint density at radius 2 is 1.60 bits per heavy atom. The monoisotopic (exact) mass is 338 g/mol. The molecular formula is C20H26N4O. The molecule has 0 radical (unpaired) electrons. The third-order valence-corrected chi connectivity index (χ3v) is 4.61. The Labute approximate surface area is 149 Å². The van der Waals surface area contributed by atoms with E-state index >= 15 is 0 Å². The lowest BCUT2D eigenvalue weighted by Crippen LogP contribution is -2.18. The van der Waals surface area contributed by atoms with Crippen LogP contribution < -0.4 is 10.6 Å². The van der Waals surface area contributed by atoms with E-state index in [1.165, 1.54) is 32.1 Å². The number of rotatable bonds is 5. The van der Waals surface area contributed by atoms with Crippen LogP contribution in [0.25, 0.3) is 0 Å². The van der Waals surface area contributed by atoms with Gasteiger partial charge in [0.05, 0.1) is 0 Å². The number of carbonyl (C=O) groups is 1. The van der Waals surface area contributed by atoms with Gasteiger partial charge in [0.2, 0.25) is 11.9 Å². The van der Waals surface area contributed by atoms with Gasteiger partial charge in [0.1, 0.15) is 0 Å². The summed E-state index contributed by atoms with van der Waals surface area (Å²) in [6.07, 6.45) is 6.85. The van der Waals surface area contributed by atoms with Gasteiger partial charge in [0.15, 0.2) is 0 Å². The molecule has 1 aliphatic rings. The van der Waals surface area contributed by atoms with Crippen LogP contribution >= 0.6 is 0 Å². The Kier molecular flexibility index (Phi) is 5.64. The van der Waals surface area contributed by atoms with E-state index in [9.17, 15) is 4.79 Å². The van der Waals surface area contributed by atoms with Crippen LogP contribution in [-0.2, 0) is 4.79 Å². The summed E-state index contributed by atoms with van der Waals surface area (Å²) >= 11 is 0. The summed E-state index contributed by atoms with van der Waals surface area (Å²) in [5.41, 5.74) is 3.59. The molecule has 0 spiro atoms. The summed E-state index contributed by atoms with van der Waals surface area (Å²) in [4.78, 5) is 20.9. The minimum atomic E-state index is 0.116. The van der Waals surface area contributed by atoms with E-state index in [2.05, 4.69) is 20.6 Å². The first-order valence-electron chi connectivity index (χ1n) is 9.08. The number of nitrogens with one attached hydrogen (secondary N) is 2. The third-order valence-electron chi connectivity index (χ3n) is 4.61. The molecule has 25 heavy (non-hydrogen) atoms.